The third-order valence-electron chi connectivity index (χ3n) is 4.26. The molecule has 0 aliphatic carbocycles. The van der Waals surface area contributed by atoms with Crippen LogP contribution < -0.4 is 24.8 Å². The lowest BCUT2D eigenvalue weighted by atomic mass is 10.2. The molecule has 3 aromatic rings. The van der Waals surface area contributed by atoms with Gasteiger partial charge >= 0.3 is 0 Å². The lowest BCUT2D eigenvalue weighted by molar-refractivity contribution is -0.118. The van der Waals surface area contributed by atoms with E-state index in [1.165, 1.54) is 7.11 Å². The molecule has 0 saturated carbocycles. The number of nitrogens with one attached hydrogen (secondary N) is 2. The Morgan fingerprint density at radius 3 is 2.10 bits per heavy atom. The van der Waals surface area contributed by atoms with Crippen LogP contribution in [0, 0.1) is 0 Å². The van der Waals surface area contributed by atoms with Gasteiger partial charge in [-0.1, -0.05) is 11.6 Å². The summed E-state index contributed by atoms with van der Waals surface area (Å²) in [7, 11) is 3.06. The fourth-order valence-corrected chi connectivity index (χ4v) is 2.82. The normalized spacial score (nSPS) is 10.2. The molecule has 0 bridgehead atoms. The first kappa shape index (κ1) is 22.0. The zero-order valence-electron chi connectivity index (χ0n) is 17.0. The predicted octanol–water partition coefficient (Wildman–Crippen LogP) is 4.63. The molecule has 0 saturated heterocycles. The zero-order chi connectivity index (χ0) is 22.2. The first-order valence-electron chi connectivity index (χ1n) is 9.30. The van der Waals surface area contributed by atoms with Gasteiger partial charge in [-0.05, 0) is 60.7 Å². The number of benzene rings is 3. The van der Waals surface area contributed by atoms with Gasteiger partial charge in [0, 0.05) is 28.0 Å². The van der Waals surface area contributed by atoms with E-state index in [0.29, 0.717) is 39.2 Å². The third kappa shape index (κ3) is 6.13. The molecule has 3 rings (SSSR count). The summed E-state index contributed by atoms with van der Waals surface area (Å²) in [4.78, 5) is 24.4. The summed E-state index contributed by atoms with van der Waals surface area (Å²) in [6, 6.07) is 18.4. The molecule has 0 spiro atoms. The van der Waals surface area contributed by atoms with Crippen LogP contribution in [0.4, 0.5) is 11.4 Å². The molecule has 160 valence electrons. The number of amides is 2. The van der Waals surface area contributed by atoms with Crippen molar-refractivity contribution >= 4 is 34.8 Å². The van der Waals surface area contributed by atoms with Crippen LogP contribution in [0.25, 0.3) is 0 Å². The van der Waals surface area contributed by atoms with Crippen LogP contribution in [0.5, 0.6) is 17.2 Å². The molecule has 8 heteroatoms. The van der Waals surface area contributed by atoms with Gasteiger partial charge in [-0.15, -0.1) is 0 Å². The second kappa shape index (κ2) is 10.4. The van der Waals surface area contributed by atoms with E-state index in [1.54, 1.807) is 73.8 Å². The quantitative estimate of drug-likeness (QED) is 0.533. The maximum atomic E-state index is 12.2. The standard InChI is InChI=1S/C23H21ClN2O5/c1-29-20-12-9-18(13-21(20)30-2)25-22(27)14-31-19-10-7-17(8-11-19)26-23(28)15-3-5-16(24)6-4-15/h3-13H,14H2,1-2H3,(H,25,27)(H,26,28). The largest absolute Gasteiger partial charge is 0.493 e. The van der Waals surface area contributed by atoms with Crippen molar-refractivity contribution in [2.45, 2.75) is 0 Å². The van der Waals surface area contributed by atoms with Crippen molar-refractivity contribution in [2.75, 3.05) is 31.5 Å². The molecule has 2 amide bonds. The molecule has 0 aliphatic rings. The average molecular weight is 441 g/mol. The average Bonchev–Trinajstić information content (AvgIpc) is 2.79. The van der Waals surface area contributed by atoms with Gasteiger partial charge in [0.05, 0.1) is 14.2 Å². The van der Waals surface area contributed by atoms with Crippen LogP contribution in [-0.4, -0.2) is 32.6 Å². The van der Waals surface area contributed by atoms with Crippen molar-refractivity contribution < 1.29 is 23.8 Å². The second-order valence-corrected chi connectivity index (χ2v) is 6.83. The minimum Gasteiger partial charge on any atom is -0.493 e. The van der Waals surface area contributed by atoms with Crippen LogP contribution in [-0.2, 0) is 4.79 Å². The Kier molecular flexibility index (Phi) is 7.35. The summed E-state index contributed by atoms with van der Waals surface area (Å²) >= 11 is 5.83. The number of rotatable bonds is 8. The van der Waals surface area contributed by atoms with E-state index in [1.807, 2.05) is 0 Å². The smallest absolute Gasteiger partial charge is 0.262 e. The van der Waals surface area contributed by atoms with Crippen molar-refractivity contribution in [2.24, 2.45) is 0 Å². The van der Waals surface area contributed by atoms with E-state index in [0.717, 1.165) is 0 Å². The number of halogens is 1. The monoisotopic (exact) mass is 440 g/mol. The molecular formula is C23H21ClN2O5. The number of anilines is 2. The van der Waals surface area contributed by atoms with Crippen LogP contribution >= 0.6 is 11.6 Å². The molecule has 7 nitrogen and oxygen atoms in total. The molecule has 0 fully saturated rings. The Labute approximate surface area is 184 Å². The second-order valence-electron chi connectivity index (χ2n) is 6.39. The fourth-order valence-electron chi connectivity index (χ4n) is 2.70. The van der Waals surface area contributed by atoms with Crippen LogP contribution in [0.15, 0.2) is 66.7 Å². The van der Waals surface area contributed by atoms with E-state index in [-0.39, 0.29) is 18.4 Å². The number of carbonyl (C=O) groups excluding carboxylic acids is 2. The summed E-state index contributed by atoms with van der Waals surface area (Å²) < 4.78 is 15.9. The van der Waals surface area contributed by atoms with Gasteiger partial charge in [-0.25, -0.2) is 0 Å². The van der Waals surface area contributed by atoms with Crippen molar-refractivity contribution in [3.8, 4) is 17.2 Å². The number of carbonyl (C=O) groups is 2. The summed E-state index contributed by atoms with van der Waals surface area (Å²) in [6.45, 7) is -0.176. The highest BCUT2D eigenvalue weighted by atomic mass is 35.5. The summed E-state index contributed by atoms with van der Waals surface area (Å²) in [6.07, 6.45) is 0. The van der Waals surface area contributed by atoms with Crippen LogP contribution in [0.2, 0.25) is 5.02 Å². The number of hydrogen-bond donors (Lipinski definition) is 2. The first-order chi connectivity index (χ1) is 15.0. The molecule has 0 heterocycles. The summed E-state index contributed by atoms with van der Waals surface area (Å²) in [5.74, 6) is 0.997. The van der Waals surface area contributed by atoms with Gasteiger partial charge in [0.15, 0.2) is 18.1 Å². The van der Waals surface area contributed by atoms with Gasteiger partial charge in [-0.2, -0.15) is 0 Å². The highest BCUT2D eigenvalue weighted by molar-refractivity contribution is 6.30. The Morgan fingerprint density at radius 2 is 1.45 bits per heavy atom. The fraction of sp³-hybridized carbons (Fsp3) is 0.130. The SMILES string of the molecule is COc1ccc(NC(=O)COc2ccc(NC(=O)c3ccc(Cl)cc3)cc2)cc1OC. The highest BCUT2D eigenvalue weighted by Gasteiger charge is 2.09. The maximum absolute atomic E-state index is 12.2. The van der Waals surface area contributed by atoms with Gasteiger partial charge in [0.1, 0.15) is 5.75 Å². The molecular weight excluding hydrogens is 420 g/mol. The Hall–Kier alpha value is -3.71. The minimum absolute atomic E-state index is 0.176. The van der Waals surface area contributed by atoms with Crippen molar-refractivity contribution in [1.29, 1.82) is 0 Å². The molecule has 0 aliphatic heterocycles. The van der Waals surface area contributed by atoms with Crippen molar-refractivity contribution in [3.05, 3.63) is 77.3 Å². The molecule has 31 heavy (non-hydrogen) atoms. The summed E-state index contributed by atoms with van der Waals surface area (Å²) in [5, 5.41) is 6.08. The number of methoxy groups -OCH3 is 2. The highest BCUT2D eigenvalue weighted by Crippen LogP contribution is 2.29. The van der Waals surface area contributed by atoms with E-state index in [2.05, 4.69) is 10.6 Å². The lowest BCUT2D eigenvalue weighted by Gasteiger charge is -2.11. The maximum Gasteiger partial charge on any atom is 0.262 e. The first-order valence-corrected chi connectivity index (χ1v) is 9.68. The van der Waals surface area contributed by atoms with E-state index < -0.39 is 0 Å². The van der Waals surface area contributed by atoms with E-state index >= 15 is 0 Å². The molecule has 0 aromatic heterocycles. The van der Waals surface area contributed by atoms with Gasteiger partial charge in [0.25, 0.3) is 11.8 Å². The third-order valence-corrected chi connectivity index (χ3v) is 4.51. The number of hydrogen-bond acceptors (Lipinski definition) is 5. The lowest BCUT2D eigenvalue weighted by Crippen LogP contribution is -2.20. The van der Waals surface area contributed by atoms with Crippen LogP contribution in [0.1, 0.15) is 10.4 Å². The van der Waals surface area contributed by atoms with Gasteiger partial charge < -0.3 is 24.8 Å². The van der Waals surface area contributed by atoms with Crippen molar-refractivity contribution in [1.82, 2.24) is 0 Å². The number of ether oxygens (including phenoxy) is 3. The van der Waals surface area contributed by atoms with E-state index in [9.17, 15) is 9.59 Å². The van der Waals surface area contributed by atoms with E-state index in [4.69, 9.17) is 25.8 Å². The Morgan fingerprint density at radius 1 is 0.806 bits per heavy atom. The topological polar surface area (TPSA) is 85.9 Å². The van der Waals surface area contributed by atoms with Gasteiger partial charge in [0.2, 0.25) is 0 Å². The van der Waals surface area contributed by atoms with Crippen molar-refractivity contribution in [3.63, 3.8) is 0 Å². The minimum atomic E-state index is -0.327. The Balaban J connectivity index is 1.51. The zero-order valence-corrected chi connectivity index (χ0v) is 17.7. The predicted molar refractivity (Wildman–Crippen MR) is 120 cm³/mol. The van der Waals surface area contributed by atoms with Crippen LogP contribution in [0.3, 0.4) is 0 Å². The summed E-state index contributed by atoms with van der Waals surface area (Å²) in [5.41, 5.74) is 1.66. The molecule has 2 N–H and O–H groups in total. The Bertz CT molecular complexity index is 1050. The molecule has 3 aromatic carbocycles. The molecule has 0 unspecified atom stereocenters. The molecule has 0 radical (unpaired) electrons. The molecule has 0 atom stereocenters. The van der Waals surface area contributed by atoms with Gasteiger partial charge in [-0.3, -0.25) is 9.59 Å².